The number of aryl methyl sites for hydroxylation is 1. The fourth-order valence-corrected chi connectivity index (χ4v) is 3.60. The Hall–Kier alpha value is -2.93. The first-order chi connectivity index (χ1) is 14.1. The lowest BCUT2D eigenvalue weighted by Crippen LogP contribution is -2.49. The van der Waals surface area contributed by atoms with Crippen molar-refractivity contribution in [3.8, 4) is 23.0 Å². The normalized spacial score (nSPS) is 13.1. The molecule has 0 radical (unpaired) electrons. The zero-order valence-electron chi connectivity index (χ0n) is 16.8. The Balaban J connectivity index is 2.21. The van der Waals surface area contributed by atoms with Gasteiger partial charge in [-0.05, 0) is 42.7 Å². The van der Waals surface area contributed by atoms with E-state index >= 15 is 0 Å². The maximum absolute atomic E-state index is 12.5. The van der Waals surface area contributed by atoms with Crippen LogP contribution in [0.15, 0.2) is 47.4 Å². The summed E-state index contributed by atoms with van der Waals surface area (Å²) >= 11 is 0. The summed E-state index contributed by atoms with van der Waals surface area (Å²) in [5.41, 5.74) is 3.33. The van der Waals surface area contributed by atoms with Crippen LogP contribution in [0.4, 0.5) is 0 Å². The van der Waals surface area contributed by atoms with Crippen molar-refractivity contribution in [2.75, 3.05) is 12.9 Å². The molecule has 1 aromatic carbocycles. The third-order valence-corrected chi connectivity index (χ3v) is 6.94. The van der Waals surface area contributed by atoms with Gasteiger partial charge in [-0.3, -0.25) is 14.8 Å². The van der Waals surface area contributed by atoms with Crippen LogP contribution < -0.4 is 11.0 Å². The van der Waals surface area contributed by atoms with Crippen LogP contribution in [0.25, 0.3) is 11.1 Å². The molecule has 1 unspecified atom stereocenters. The number of nitrogens with one attached hydrogen (secondary N) is 1. The minimum atomic E-state index is -3.83. The first kappa shape index (κ1) is 23.3. The van der Waals surface area contributed by atoms with Gasteiger partial charge < -0.3 is 9.67 Å². The van der Waals surface area contributed by atoms with Crippen LogP contribution in [0.2, 0.25) is 0 Å². The van der Waals surface area contributed by atoms with Crippen molar-refractivity contribution in [1.29, 1.82) is 0 Å². The van der Waals surface area contributed by atoms with E-state index in [1.807, 2.05) is 24.3 Å². The molecule has 1 amide bonds. The van der Waals surface area contributed by atoms with Gasteiger partial charge in [0.1, 0.15) is 0 Å². The molecule has 0 aliphatic heterocycles. The van der Waals surface area contributed by atoms with Gasteiger partial charge in [0.05, 0.1) is 6.61 Å². The predicted octanol–water partition coefficient (Wildman–Crippen LogP) is 0.948. The lowest BCUT2D eigenvalue weighted by molar-refractivity contribution is -0.131. The Bertz CT molecular complexity index is 1130. The molecule has 8 nitrogen and oxygen atoms in total. The first-order valence-corrected chi connectivity index (χ1v) is 11.1. The average molecular weight is 432 g/mol. The van der Waals surface area contributed by atoms with Crippen LogP contribution >= 0.6 is 0 Å². The van der Waals surface area contributed by atoms with Crippen LogP contribution in [-0.4, -0.2) is 46.8 Å². The standard InChI is InChI=1S/C21H24N2O6S/c1-21(20(26)22-27,30(2,28)29)11-13-23-12-10-18(15-19(23)25)17-8-6-16(7-9-17)5-3-4-14-24/h6-10,12,15,24,27H,4,11,13-14H2,1-2H3,(H,22,26). The fourth-order valence-electron chi connectivity index (χ4n) is 2.76. The Morgan fingerprint density at radius 2 is 1.87 bits per heavy atom. The number of rotatable bonds is 7. The molecule has 2 aromatic rings. The molecule has 0 spiro atoms. The third kappa shape index (κ3) is 5.36. The highest BCUT2D eigenvalue weighted by atomic mass is 32.2. The summed E-state index contributed by atoms with van der Waals surface area (Å²) in [7, 11) is -3.83. The van der Waals surface area contributed by atoms with E-state index in [4.69, 9.17) is 10.3 Å². The van der Waals surface area contributed by atoms with E-state index in [0.29, 0.717) is 12.0 Å². The molecule has 0 aliphatic rings. The molecule has 0 aliphatic carbocycles. The van der Waals surface area contributed by atoms with Crippen molar-refractivity contribution in [2.45, 2.75) is 31.1 Å². The molecule has 3 N–H and O–H groups in total. The summed E-state index contributed by atoms with van der Waals surface area (Å²) < 4.78 is 23.5. The number of sulfone groups is 1. The lowest BCUT2D eigenvalue weighted by atomic mass is 10.0. The van der Waals surface area contributed by atoms with Crippen LogP contribution in [0.5, 0.6) is 0 Å². The number of carbonyl (C=O) groups is 1. The van der Waals surface area contributed by atoms with E-state index in [0.717, 1.165) is 17.4 Å². The number of hydrogen-bond acceptors (Lipinski definition) is 6. The largest absolute Gasteiger partial charge is 0.395 e. The fraction of sp³-hybridized carbons (Fsp3) is 0.333. The predicted molar refractivity (Wildman–Crippen MR) is 113 cm³/mol. The van der Waals surface area contributed by atoms with Gasteiger partial charge >= 0.3 is 0 Å². The van der Waals surface area contributed by atoms with Gasteiger partial charge in [0, 0.05) is 37.0 Å². The van der Waals surface area contributed by atoms with Crippen molar-refractivity contribution in [3.63, 3.8) is 0 Å². The number of benzene rings is 1. The van der Waals surface area contributed by atoms with Crippen LogP contribution in [0.3, 0.4) is 0 Å². The number of nitrogens with zero attached hydrogens (tertiary/aromatic N) is 1. The maximum Gasteiger partial charge on any atom is 0.264 e. The molecule has 30 heavy (non-hydrogen) atoms. The SMILES string of the molecule is CC(CCn1ccc(-c2ccc(C#CCCO)cc2)cc1=O)(C(=O)NO)S(C)(=O)=O. The van der Waals surface area contributed by atoms with Gasteiger partial charge in [0.15, 0.2) is 14.6 Å². The van der Waals surface area contributed by atoms with Gasteiger partial charge in [-0.2, -0.15) is 0 Å². The van der Waals surface area contributed by atoms with E-state index in [2.05, 4.69) is 11.8 Å². The highest BCUT2D eigenvalue weighted by molar-refractivity contribution is 7.92. The molecular formula is C21H24N2O6S. The number of pyridine rings is 1. The molecule has 1 aromatic heterocycles. The van der Waals surface area contributed by atoms with E-state index in [1.165, 1.54) is 29.2 Å². The van der Waals surface area contributed by atoms with Gasteiger partial charge in [-0.1, -0.05) is 24.0 Å². The Morgan fingerprint density at radius 3 is 2.40 bits per heavy atom. The van der Waals surface area contributed by atoms with Gasteiger partial charge in [-0.25, -0.2) is 13.9 Å². The second-order valence-electron chi connectivity index (χ2n) is 6.99. The number of hydrogen-bond donors (Lipinski definition) is 3. The zero-order chi connectivity index (χ0) is 22.4. The number of aromatic nitrogens is 1. The molecule has 1 heterocycles. The van der Waals surface area contributed by atoms with Gasteiger partial charge in [0.2, 0.25) is 0 Å². The van der Waals surface area contributed by atoms with Crippen LogP contribution in [-0.2, 0) is 21.2 Å². The minimum Gasteiger partial charge on any atom is -0.395 e. The van der Waals surface area contributed by atoms with E-state index in [9.17, 15) is 18.0 Å². The quantitative estimate of drug-likeness (QED) is 0.340. The molecule has 2 rings (SSSR count). The second kappa shape index (κ2) is 9.71. The molecule has 0 bridgehead atoms. The minimum absolute atomic E-state index is 0.00931. The van der Waals surface area contributed by atoms with Crippen LogP contribution in [0, 0.1) is 11.8 Å². The number of amides is 1. The summed E-state index contributed by atoms with van der Waals surface area (Å²) in [6.07, 6.45) is 2.66. The molecule has 1 atom stereocenters. The highest BCUT2D eigenvalue weighted by Crippen LogP contribution is 2.22. The zero-order valence-corrected chi connectivity index (χ0v) is 17.6. The van der Waals surface area contributed by atoms with Crippen molar-refractivity contribution in [2.24, 2.45) is 0 Å². The third-order valence-electron chi connectivity index (χ3n) is 4.91. The molecule has 9 heteroatoms. The Morgan fingerprint density at radius 1 is 1.20 bits per heavy atom. The van der Waals surface area contributed by atoms with Gasteiger partial charge in [-0.15, -0.1) is 0 Å². The molecular weight excluding hydrogens is 408 g/mol. The Kier molecular flexibility index (Phi) is 7.56. The number of aliphatic hydroxyl groups excluding tert-OH is 1. The topological polar surface area (TPSA) is 126 Å². The van der Waals surface area contributed by atoms with Crippen molar-refractivity contribution >= 4 is 15.7 Å². The van der Waals surface area contributed by atoms with Gasteiger partial charge in [0.25, 0.3) is 11.5 Å². The highest BCUT2D eigenvalue weighted by Gasteiger charge is 2.43. The van der Waals surface area contributed by atoms with E-state index in [1.54, 1.807) is 6.07 Å². The van der Waals surface area contributed by atoms with Crippen molar-refractivity contribution in [1.82, 2.24) is 10.0 Å². The molecule has 0 saturated heterocycles. The van der Waals surface area contributed by atoms with Crippen molar-refractivity contribution in [3.05, 3.63) is 58.5 Å². The Labute approximate surface area is 175 Å². The smallest absolute Gasteiger partial charge is 0.264 e. The molecule has 0 saturated carbocycles. The maximum atomic E-state index is 12.5. The summed E-state index contributed by atoms with van der Waals surface area (Å²) in [5.74, 6) is 4.72. The number of carbonyl (C=O) groups excluding carboxylic acids is 1. The van der Waals surface area contributed by atoms with Crippen molar-refractivity contribution < 1.29 is 23.5 Å². The number of hydroxylamine groups is 1. The first-order valence-electron chi connectivity index (χ1n) is 9.17. The lowest BCUT2D eigenvalue weighted by Gasteiger charge is -2.25. The van der Waals surface area contributed by atoms with Crippen LogP contribution in [0.1, 0.15) is 25.3 Å². The summed E-state index contributed by atoms with van der Waals surface area (Å²) in [4.78, 5) is 24.4. The molecule has 160 valence electrons. The summed E-state index contributed by atoms with van der Waals surface area (Å²) in [5, 5.41) is 17.6. The summed E-state index contributed by atoms with van der Waals surface area (Å²) in [6.45, 7) is 1.20. The monoisotopic (exact) mass is 432 g/mol. The summed E-state index contributed by atoms with van der Waals surface area (Å²) in [6, 6.07) is 10.4. The van der Waals surface area contributed by atoms with E-state index in [-0.39, 0.29) is 25.1 Å². The second-order valence-corrected chi connectivity index (χ2v) is 9.44. The molecule has 0 fully saturated rings. The average Bonchev–Trinajstić information content (AvgIpc) is 2.71. The van der Waals surface area contributed by atoms with E-state index < -0.39 is 20.5 Å². The number of aliphatic hydroxyl groups is 1.